The first-order valence-corrected chi connectivity index (χ1v) is 10.3. The summed E-state index contributed by atoms with van der Waals surface area (Å²) in [5.74, 6) is -1.68. The highest BCUT2D eigenvalue weighted by atomic mass is 32.2. The Bertz CT molecular complexity index is 1050. The third-order valence-electron chi connectivity index (χ3n) is 4.14. The summed E-state index contributed by atoms with van der Waals surface area (Å²) in [5, 5.41) is 2.32. The Balaban J connectivity index is 2.12. The smallest absolute Gasteiger partial charge is 0.416 e. The zero-order valence-corrected chi connectivity index (χ0v) is 17.5. The molecule has 0 aliphatic heterocycles. The SMILES string of the molecule is CN(C)S(=O)(=O)c1ccccc1CNC(=O)COc1cc(C(F)(F)F)cc(C(F)(F)F)c1. The van der Waals surface area contributed by atoms with Gasteiger partial charge in [-0.05, 0) is 29.8 Å². The summed E-state index contributed by atoms with van der Waals surface area (Å²) in [6.45, 7) is -1.15. The van der Waals surface area contributed by atoms with Crippen molar-refractivity contribution in [2.75, 3.05) is 20.7 Å². The van der Waals surface area contributed by atoms with Gasteiger partial charge in [-0.15, -0.1) is 0 Å². The van der Waals surface area contributed by atoms with Gasteiger partial charge in [-0.1, -0.05) is 18.2 Å². The van der Waals surface area contributed by atoms with Crippen molar-refractivity contribution < 1.29 is 44.3 Å². The lowest BCUT2D eigenvalue weighted by molar-refractivity contribution is -0.143. The minimum absolute atomic E-state index is 0.0605. The molecule has 0 aromatic heterocycles. The molecule has 0 aliphatic carbocycles. The van der Waals surface area contributed by atoms with Gasteiger partial charge in [-0.3, -0.25) is 4.79 Å². The fraction of sp³-hybridized carbons (Fsp3) is 0.316. The third-order valence-corrected chi connectivity index (χ3v) is 6.05. The second kappa shape index (κ2) is 9.36. The molecule has 2 aromatic carbocycles. The van der Waals surface area contributed by atoms with Gasteiger partial charge in [0.25, 0.3) is 5.91 Å². The molecular weight excluding hydrogens is 466 g/mol. The summed E-state index contributed by atoms with van der Waals surface area (Å²) < 4.78 is 108. The van der Waals surface area contributed by atoms with E-state index in [1.165, 1.54) is 38.4 Å². The first-order chi connectivity index (χ1) is 14.6. The number of halogens is 6. The molecule has 2 rings (SSSR count). The van der Waals surface area contributed by atoms with Crippen molar-refractivity contribution >= 4 is 15.9 Å². The lowest BCUT2D eigenvalue weighted by Crippen LogP contribution is -2.30. The van der Waals surface area contributed by atoms with Gasteiger partial charge in [0.15, 0.2) is 6.61 Å². The molecule has 32 heavy (non-hydrogen) atoms. The Morgan fingerprint density at radius 3 is 2.00 bits per heavy atom. The van der Waals surface area contributed by atoms with Crippen molar-refractivity contribution in [2.45, 2.75) is 23.8 Å². The molecule has 0 fully saturated rings. The molecule has 0 radical (unpaired) electrons. The Morgan fingerprint density at radius 2 is 1.50 bits per heavy atom. The highest BCUT2D eigenvalue weighted by Gasteiger charge is 2.37. The number of hydrogen-bond donors (Lipinski definition) is 1. The molecule has 0 aliphatic rings. The lowest BCUT2D eigenvalue weighted by atomic mass is 10.1. The highest BCUT2D eigenvalue weighted by molar-refractivity contribution is 7.89. The molecule has 0 spiro atoms. The van der Waals surface area contributed by atoms with Gasteiger partial charge < -0.3 is 10.1 Å². The van der Waals surface area contributed by atoms with E-state index in [-0.39, 0.29) is 23.1 Å². The van der Waals surface area contributed by atoms with Gasteiger partial charge in [0.05, 0.1) is 16.0 Å². The van der Waals surface area contributed by atoms with E-state index in [4.69, 9.17) is 4.74 Å². The molecule has 6 nitrogen and oxygen atoms in total. The topological polar surface area (TPSA) is 75.7 Å². The average Bonchev–Trinajstić information content (AvgIpc) is 2.69. The zero-order chi connectivity index (χ0) is 24.3. The van der Waals surface area contributed by atoms with Gasteiger partial charge in [0.1, 0.15) is 5.75 Å². The molecule has 0 atom stereocenters. The maximum absolute atomic E-state index is 12.9. The van der Waals surface area contributed by atoms with Crippen molar-refractivity contribution in [3.63, 3.8) is 0 Å². The monoisotopic (exact) mass is 484 g/mol. The van der Waals surface area contributed by atoms with Crippen molar-refractivity contribution in [3.05, 3.63) is 59.2 Å². The first kappa shape index (κ1) is 25.5. The van der Waals surface area contributed by atoms with Crippen molar-refractivity contribution in [1.82, 2.24) is 9.62 Å². The maximum atomic E-state index is 12.9. The van der Waals surface area contributed by atoms with E-state index in [2.05, 4.69) is 5.32 Å². The van der Waals surface area contributed by atoms with Gasteiger partial charge >= 0.3 is 12.4 Å². The van der Waals surface area contributed by atoms with Crippen LogP contribution < -0.4 is 10.1 Å². The summed E-state index contributed by atoms with van der Waals surface area (Å²) in [7, 11) is -1.17. The van der Waals surface area contributed by atoms with E-state index in [1.807, 2.05) is 0 Å². The number of benzene rings is 2. The van der Waals surface area contributed by atoms with Crippen LogP contribution in [0.4, 0.5) is 26.3 Å². The van der Waals surface area contributed by atoms with Gasteiger partial charge in [-0.25, -0.2) is 12.7 Å². The van der Waals surface area contributed by atoms with Crippen molar-refractivity contribution in [2.24, 2.45) is 0 Å². The van der Waals surface area contributed by atoms with Gasteiger partial charge in [0, 0.05) is 20.6 Å². The van der Waals surface area contributed by atoms with Crippen LogP contribution in [0, 0.1) is 0 Å². The van der Waals surface area contributed by atoms with Gasteiger partial charge in [-0.2, -0.15) is 26.3 Å². The van der Waals surface area contributed by atoms with Crippen LogP contribution in [0.3, 0.4) is 0 Å². The second-order valence-electron chi connectivity index (χ2n) is 6.70. The van der Waals surface area contributed by atoms with Crippen molar-refractivity contribution in [3.8, 4) is 5.75 Å². The van der Waals surface area contributed by atoms with E-state index in [0.717, 1.165) is 4.31 Å². The molecule has 0 saturated carbocycles. The normalized spacial score (nSPS) is 12.7. The molecule has 2 aromatic rings. The minimum atomic E-state index is -5.05. The number of rotatable bonds is 7. The summed E-state index contributed by atoms with van der Waals surface area (Å²) >= 11 is 0. The fourth-order valence-corrected chi connectivity index (χ4v) is 3.62. The Morgan fingerprint density at radius 1 is 0.969 bits per heavy atom. The fourth-order valence-electron chi connectivity index (χ4n) is 2.50. The Labute approximate surface area is 179 Å². The molecule has 1 amide bonds. The third kappa shape index (κ3) is 6.36. The Kier molecular flexibility index (Phi) is 7.45. The molecular formula is C19H18F6N2O4S. The largest absolute Gasteiger partial charge is 0.484 e. The van der Waals surface area contributed by atoms with E-state index in [1.54, 1.807) is 0 Å². The Hall–Kier alpha value is -2.80. The van der Waals surface area contributed by atoms with Crippen LogP contribution in [0.25, 0.3) is 0 Å². The molecule has 0 bridgehead atoms. The highest BCUT2D eigenvalue weighted by Crippen LogP contribution is 2.38. The van der Waals surface area contributed by atoms with E-state index in [9.17, 15) is 39.6 Å². The quantitative estimate of drug-likeness (QED) is 0.609. The second-order valence-corrected chi connectivity index (χ2v) is 8.82. The average molecular weight is 484 g/mol. The number of ether oxygens (including phenoxy) is 1. The molecule has 176 valence electrons. The van der Waals surface area contributed by atoms with E-state index < -0.39 is 51.8 Å². The summed E-state index contributed by atoms with van der Waals surface area (Å²) in [5.41, 5.74) is -2.93. The number of carbonyl (C=O) groups excluding carboxylic acids is 1. The predicted molar refractivity (Wildman–Crippen MR) is 101 cm³/mol. The number of carbonyl (C=O) groups is 1. The molecule has 0 heterocycles. The molecule has 1 N–H and O–H groups in total. The van der Waals surface area contributed by atoms with Crippen LogP contribution in [0.15, 0.2) is 47.4 Å². The zero-order valence-electron chi connectivity index (χ0n) is 16.7. The van der Waals surface area contributed by atoms with Crippen LogP contribution in [-0.2, 0) is 33.7 Å². The van der Waals surface area contributed by atoms with Gasteiger partial charge in [0.2, 0.25) is 10.0 Å². The number of amides is 1. The number of sulfonamides is 1. The standard InChI is InChI=1S/C19H18F6N2O4S/c1-27(2)32(29,30)16-6-4-3-5-12(16)10-26-17(28)11-31-15-8-13(18(20,21)22)7-14(9-15)19(23,24)25/h3-9H,10-11H2,1-2H3,(H,26,28). The number of nitrogens with zero attached hydrogens (tertiary/aromatic N) is 1. The van der Waals surface area contributed by atoms with Crippen LogP contribution in [-0.4, -0.2) is 39.3 Å². The van der Waals surface area contributed by atoms with E-state index >= 15 is 0 Å². The lowest BCUT2D eigenvalue weighted by Gasteiger charge is -2.16. The molecule has 0 unspecified atom stereocenters. The minimum Gasteiger partial charge on any atom is -0.484 e. The summed E-state index contributed by atoms with van der Waals surface area (Å²) in [6.07, 6.45) is -10.1. The maximum Gasteiger partial charge on any atom is 0.416 e. The number of nitrogens with one attached hydrogen (secondary N) is 1. The molecule has 0 saturated heterocycles. The summed E-state index contributed by atoms with van der Waals surface area (Å²) in [6, 6.07) is 6.43. The number of hydrogen-bond acceptors (Lipinski definition) is 4. The summed E-state index contributed by atoms with van der Waals surface area (Å²) in [4.78, 5) is 11.9. The molecule has 13 heteroatoms. The number of alkyl halides is 6. The van der Waals surface area contributed by atoms with Crippen molar-refractivity contribution in [1.29, 1.82) is 0 Å². The van der Waals surface area contributed by atoms with Crippen LogP contribution >= 0.6 is 0 Å². The van der Waals surface area contributed by atoms with Crippen LogP contribution in [0.2, 0.25) is 0 Å². The first-order valence-electron chi connectivity index (χ1n) is 8.82. The van der Waals surface area contributed by atoms with Crippen LogP contribution in [0.1, 0.15) is 16.7 Å². The van der Waals surface area contributed by atoms with E-state index in [0.29, 0.717) is 12.1 Å². The van der Waals surface area contributed by atoms with Crippen LogP contribution in [0.5, 0.6) is 5.75 Å². The predicted octanol–water partition coefficient (Wildman–Crippen LogP) is 3.67.